The molecule has 3 nitrogen and oxygen atoms in total. The van der Waals surface area contributed by atoms with Gasteiger partial charge in [-0.15, -0.1) is 0 Å². The lowest BCUT2D eigenvalue weighted by molar-refractivity contribution is -0.160. The highest BCUT2D eigenvalue weighted by Crippen LogP contribution is 2.39. The van der Waals surface area contributed by atoms with Crippen LogP contribution in [0.3, 0.4) is 0 Å². The Morgan fingerprint density at radius 1 is 1.24 bits per heavy atom. The van der Waals surface area contributed by atoms with Gasteiger partial charge >= 0.3 is 6.18 Å². The lowest BCUT2D eigenvalue weighted by atomic mass is 9.78. The number of nitrogens with zero attached hydrogens (tertiary/aromatic N) is 1. The first kappa shape index (κ1) is 12.7. The Morgan fingerprint density at radius 3 is 2.47 bits per heavy atom. The van der Waals surface area contributed by atoms with Gasteiger partial charge in [0.15, 0.2) is 0 Å². The topological polar surface area (TPSA) is 32.3 Å². The fourth-order valence-corrected chi connectivity index (χ4v) is 2.80. The van der Waals surface area contributed by atoms with Gasteiger partial charge in [0.1, 0.15) is 6.42 Å². The number of alkyl halides is 3. The van der Waals surface area contributed by atoms with E-state index in [0.29, 0.717) is 13.1 Å². The fraction of sp³-hybridized carbons (Fsp3) is 0.909. The molecule has 0 radical (unpaired) electrons. The number of nitrogens with one attached hydrogen (secondary N) is 1. The summed E-state index contributed by atoms with van der Waals surface area (Å²) in [6.45, 7) is 2.79. The minimum atomic E-state index is -4.39. The first-order valence-corrected chi connectivity index (χ1v) is 5.96. The highest BCUT2D eigenvalue weighted by Gasteiger charge is 2.42. The molecule has 0 unspecified atom stereocenters. The van der Waals surface area contributed by atoms with Crippen LogP contribution in [0.25, 0.3) is 0 Å². The number of hydrogen-bond acceptors (Lipinski definition) is 2. The molecule has 2 rings (SSSR count). The van der Waals surface area contributed by atoms with Crippen LogP contribution in [0.2, 0.25) is 0 Å². The SMILES string of the molecule is O=C(CC(F)(F)F)N1CCC2(CCNCC2)C1. The lowest BCUT2D eigenvalue weighted by Crippen LogP contribution is -2.40. The minimum Gasteiger partial charge on any atom is -0.342 e. The molecule has 1 amide bonds. The predicted molar refractivity (Wildman–Crippen MR) is 56.4 cm³/mol. The molecule has 1 spiro atoms. The van der Waals surface area contributed by atoms with Crippen molar-refractivity contribution < 1.29 is 18.0 Å². The van der Waals surface area contributed by atoms with Crippen LogP contribution < -0.4 is 5.32 Å². The molecule has 2 aliphatic heterocycles. The number of hydrogen-bond donors (Lipinski definition) is 1. The number of carbonyl (C=O) groups is 1. The Hall–Kier alpha value is -0.780. The van der Waals surface area contributed by atoms with Gasteiger partial charge in [0.05, 0.1) is 0 Å². The van der Waals surface area contributed by atoms with Crippen LogP contribution in [0.15, 0.2) is 0 Å². The summed E-state index contributed by atoms with van der Waals surface area (Å²) in [4.78, 5) is 12.9. The maximum absolute atomic E-state index is 12.1. The van der Waals surface area contributed by atoms with Crippen molar-refractivity contribution in [2.45, 2.75) is 31.9 Å². The Balaban J connectivity index is 1.91. The van der Waals surface area contributed by atoms with Crippen molar-refractivity contribution in [3.63, 3.8) is 0 Å². The highest BCUT2D eigenvalue weighted by atomic mass is 19.4. The van der Waals surface area contributed by atoms with Crippen molar-refractivity contribution in [1.82, 2.24) is 10.2 Å². The van der Waals surface area contributed by atoms with Crippen LogP contribution in [0.5, 0.6) is 0 Å². The van der Waals surface area contributed by atoms with Gasteiger partial charge < -0.3 is 10.2 Å². The van der Waals surface area contributed by atoms with Crippen molar-refractivity contribution in [3.8, 4) is 0 Å². The molecular formula is C11H17F3N2O. The van der Waals surface area contributed by atoms with Crippen LogP contribution in [0.1, 0.15) is 25.7 Å². The predicted octanol–water partition coefficient (Wildman–Crippen LogP) is 1.54. The summed E-state index contributed by atoms with van der Waals surface area (Å²) in [5, 5.41) is 3.23. The van der Waals surface area contributed by atoms with Crippen LogP contribution in [0, 0.1) is 5.41 Å². The molecule has 6 heteroatoms. The molecule has 2 aliphatic rings. The van der Waals surface area contributed by atoms with E-state index in [0.717, 1.165) is 32.4 Å². The largest absolute Gasteiger partial charge is 0.397 e. The molecule has 0 aromatic heterocycles. The summed E-state index contributed by atoms with van der Waals surface area (Å²) in [7, 11) is 0. The molecule has 98 valence electrons. The van der Waals surface area contributed by atoms with Crippen molar-refractivity contribution in [3.05, 3.63) is 0 Å². The minimum absolute atomic E-state index is 0.0759. The molecule has 0 bridgehead atoms. The molecule has 0 aromatic carbocycles. The van der Waals surface area contributed by atoms with Gasteiger partial charge in [-0.05, 0) is 37.8 Å². The van der Waals surface area contributed by atoms with E-state index in [1.807, 2.05) is 0 Å². The van der Waals surface area contributed by atoms with Crippen LogP contribution in [-0.2, 0) is 4.79 Å². The van der Waals surface area contributed by atoms with Crippen molar-refractivity contribution in [1.29, 1.82) is 0 Å². The summed E-state index contributed by atoms with van der Waals surface area (Å²) >= 11 is 0. The van der Waals surface area contributed by atoms with Crippen LogP contribution >= 0.6 is 0 Å². The van der Waals surface area contributed by atoms with E-state index in [9.17, 15) is 18.0 Å². The Bertz CT molecular complexity index is 298. The summed E-state index contributed by atoms with van der Waals surface area (Å²) in [5.41, 5.74) is 0.0759. The number of carbonyl (C=O) groups excluding carboxylic acids is 1. The number of amides is 1. The first-order valence-electron chi connectivity index (χ1n) is 5.96. The molecule has 0 aliphatic carbocycles. The van der Waals surface area contributed by atoms with Gasteiger partial charge in [-0.2, -0.15) is 13.2 Å². The molecule has 17 heavy (non-hydrogen) atoms. The van der Waals surface area contributed by atoms with Gasteiger partial charge in [-0.25, -0.2) is 0 Å². The van der Waals surface area contributed by atoms with E-state index < -0.39 is 18.5 Å². The Morgan fingerprint density at radius 2 is 1.88 bits per heavy atom. The van der Waals surface area contributed by atoms with E-state index in [1.165, 1.54) is 4.90 Å². The summed E-state index contributed by atoms with van der Waals surface area (Å²) < 4.78 is 36.4. The monoisotopic (exact) mass is 250 g/mol. The molecule has 1 N–H and O–H groups in total. The summed E-state index contributed by atoms with van der Waals surface area (Å²) in [5.74, 6) is -0.770. The second kappa shape index (κ2) is 4.48. The molecule has 2 heterocycles. The average Bonchev–Trinajstić information content (AvgIpc) is 2.61. The zero-order valence-corrected chi connectivity index (χ0v) is 9.65. The molecule has 0 atom stereocenters. The van der Waals surface area contributed by atoms with Gasteiger partial charge in [-0.1, -0.05) is 0 Å². The van der Waals surface area contributed by atoms with Crippen LogP contribution in [0.4, 0.5) is 13.2 Å². The maximum atomic E-state index is 12.1. The lowest BCUT2D eigenvalue weighted by Gasteiger charge is -2.33. The van der Waals surface area contributed by atoms with Crippen molar-refractivity contribution in [2.24, 2.45) is 5.41 Å². The fourth-order valence-electron chi connectivity index (χ4n) is 2.80. The van der Waals surface area contributed by atoms with Crippen LogP contribution in [-0.4, -0.2) is 43.2 Å². The molecule has 2 fully saturated rings. The first-order chi connectivity index (χ1) is 7.90. The molecule has 0 saturated carbocycles. The molecule has 0 aromatic rings. The van der Waals surface area contributed by atoms with E-state index in [4.69, 9.17) is 0 Å². The van der Waals surface area contributed by atoms with Crippen molar-refractivity contribution >= 4 is 5.91 Å². The van der Waals surface area contributed by atoms with Gasteiger partial charge in [-0.3, -0.25) is 4.79 Å². The van der Waals surface area contributed by atoms with E-state index >= 15 is 0 Å². The molecule has 2 saturated heterocycles. The maximum Gasteiger partial charge on any atom is 0.397 e. The van der Waals surface area contributed by atoms with E-state index in [1.54, 1.807) is 0 Å². The third-order valence-electron chi connectivity index (χ3n) is 3.81. The second-order valence-corrected chi connectivity index (χ2v) is 5.11. The van der Waals surface area contributed by atoms with Gasteiger partial charge in [0, 0.05) is 13.1 Å². The average molecular weight is 250 g/mol. The Labute approximate surface area is 98.3 Å². The summed E-state index contributed by atoms with van der Waals surface area (Å²) in [6.07, 6.45) is -2.94. The van der Waals surface area contributed by atoms with E-state index in [-0.39, 0.29) is 5.41 Å². The third-order valence-corrected chi connectivity index (χ3v) is 3.81. The standard InChI is InChI=1S/C11H17F3N2O/c12-11(13,14)7-9(17)16-6-3-10(8-16)1-4-15-5-2-10/h15H,1-8H2. The summed E-state index contributed by atoms with van der Waals surface area (Å²) in [6, 6.07) is 0. The normalized spacial score (nSPS) is 24.3. The number of rotatable bonds is 1. The highest BCUT2D eigenvalue weighted by molar-refractivity contribution is 5.77. The number of likely N-dealkylation sites (tertiary alicyclic amines) is 1. The van der Waals surface area contributed by atoms with Gasteiger partial charge in [0.25, 0.3) is 0 Å². The quantitative estimate of drug-likeness (QED) is 0.765. The molecular weight excluding hydrogens is 233 g/mol. The van der Waals surface area contributed by atoms with Crippen molar-refractivity contribution in [2.75, 3.05) is 26.2 Å². The van der Waals surface area contributed by atoms with Gasteiger partial charge in [0.2, 0.25) is 5.91 Å². The number of piperidine rings is 1. The third kappa shape index (κ3) is 3.12. The zero-order chi connectivity index (χ0) is 12.5. The number of halogens is 3. The smallest absolute Gasteiger partial charge is 0.342 e. The zero-order valence-electron chi connectivity index (χ0n) is 9.65. The second-order valence-electron chi connectivity index (χ2n) is 5.11. The van der Waals surface area contributed by atoms with E-state index in [2.05, 4.69) is 5.32 Å². The Kier molecular flexibility index (Phi) is 3.34.